The molecule has 1 fully saturated rings. The normalized spacial score (nSPS) is 20.3. The summed E-state index contributed by atoms with van der Waals surface area (Å²) < 4.78 is 39.5. The van der Waals surface area contributed by atoms with Gasteiger partial charge in [0.05, 0.1) is 11.6 Å². The van der Waals surface area contributed by atoms with E-state index in [9.17, 15) is 13.2 Å². The molecule has 1 aliphatic heterocycles. The average molecular weight is 241 g/mol. The largest absolute Gasteiger partial charge is 0.340 e. The van der Waals surface area contributed by atoms with Gasteiger partial charge in [0.15, 0.2) is 17.5 Å². The van der Waals surface area contributed by atoms with Crippen LogP contribution in [-0.2, 0) is 0 Å². The van der Waals surface area contributed by atoms with E-state index in [4.69, 9.17) is 0 Å². The molecule has 1 saturated heterocycles. The number of imidazole rings is 1. The van der Waals surface area contributed by atoms with Gasteiger partial charge in [-0.1, -0.05) is 0 Å². The summed E-state index contributed by atoms with van der Waals surface area (Å²) >= 11 is 0. The van der Waals surface area contributed by atoms with Gasteiger partial charge in [0.25, 0.3) is 0 Å². The van der Waals surface area contributed by atoms with Crippen LogP contribution in [0, 0.1) is 17.5 Å². The lowest BCUT2D eigenvalue weighted by atomic mass is 10.2. The summed E-state index contributed by atoms with van der Waals surface area (Å²) in [5, 5.41) is 3.18. The molecule has 6 heteroatoms. The highest BCUT2D eigenvalue weighted by atomic mass is 19.2. The summed E-state index contributed by atoms with van der Waals surface area (Å²) in [7, 11) is 0. The van der Waals surface area contributed by atoms with Gasteiger partial charge < -0.3 is 10.3 Å². The van der Waals surface area contributed by atoms with Crippen molar-refractivity contribution in [3.63, 3.8) is 0 Å². The number of aromatic amines is 1. The molecule has 0 amide bonds. The van der Waals surface area contributed by atoms with Crippen molar-refractivity contribution < 1.29 is 13.2 Å². The maximum absolute atomic E-state index is 13.4. The first-order valence-electron chi connectivity index (χ1n) is 5.43. The highest BCUT2D eigenvalue weighted by molar-refractivity contribution is 5.76. The Bertz CT molecular complexity index is 573. The smallest absolute Gasteiger partial charge is 0.196 e. The number of benzene rings is 1. The molecular formula is C11H10F3N3. The van der Waals surface area contributed by atoms with E-state index in [2.05, 4.69) is 15.3 Å². The van der Waals surface area contributed by atoms with Gasteiger partial charge in [-0.2, -0.15) is 0 Å². The minimum Gasteiger partial charge on any atom is -0.340 e. The number of H-pyrrole nitrogens is 1. The van der Waals surface area contributed by atoms with Crippen molar-refractivity contribution in [2.45, 2.75) is 18.9 Å². The number of nitrogens with one attached hydrogen (secondary N) is 2. The lowest BCUT2D eigenvalue weighted by Gasteiger charge is -2.04. The third kappa shape index (κ3) is 1.59. The van der Waals surface area contributed by atoms with Gasteiger partial charge in [0.1, 0.15) is 11.3 Å². The van der Waals surface area contributed by atoms with E-state index in [0.29, 0.717) is 5.82 Å². The summed E-state index contributed by atoms with van der Waals surface area (Å²) in [6, 6.07) is 0.937. The van der Waals surface area contributed by atoms with E-state index in [1.165, 1.54) is 0 Å². The zero-order chi connectivity index (χ0) is 12.0. The summed E-state index contributed by atoms with van der Waals surface area (Å²) in [6.45, 7) is 0.868. The van der Waals surface area contributed by atoms with E-state index in [0.717, 1.165) is 25.5 Å². The number of hydrogen-bond donors (Lipinski definition) is 2. The average Bonchev–Trinajstić information content (AvgIpc) is 2.93. The second-order valence-corrected chi connectivity index (χ2v) is 4.15. The number of nitrogens with zero attached hydrogens (tertiary/aromatic N) is 1. The minimum atomic E-state index is -1.48. The molecule has 2 N–H and O–H groups in total. The Balaban J connectivity index is 2.15. The number of fused-ring (bicyclic) bond motifs is 1. The topological polar surface area (TPSA) is 40.7 Å². The molecule has 1 atom stereocenters. The van der Waals surface area contributed by atoms with Crippen molar-refractivity contribution in [2.75, 3.05) is 6.54 Å². The zero-order valence-corrected chi connectivity index (χ0v) is 8.86. The maximum Gasteiger partial charge on any atom is 0.196 e. The van der Waals surface area contributed by atoms with Crippen LogP contribution >= 0.6 is 0 Å². The Kier molecular flexibility index (Phi) is 2.32. The Morgan fingerprint density at radius 2 is 2.06 bits per heavy atom. The molecule has 2 heterocycles. The van der Waals surface area contributed by atoms with Crippen molar-refractivity contribution in [2.24, 2.45) is 0 Å². The minimum absolute atomic E-state index is 0.00734. The molecule has 0 unspecified atom stereocenters. The van der Waals surface area contributed by atoms with Gasteiger partial charge in [0.2, 0.25) is 0 Å². The summed E-state index contributed by atoms with van der Waals surface area (Å²) in [5.74, 6) is -3.39. The molecule has 3 rings (SSSR count). The number of rotatable bonds is 1. The van der Waals surface area contributed by atoms with Crippen molar-refractivity contribution in [1.82, 2.24) is 15.3 Å². The Morgan fingerprint density at radius 1 is 1.24 bits per heavy atom. The zero-order valence-electron chi connectivity index (χ0n) is 8.86. The van der Waals surface area contributed by atoms with Crippen LogP contribution < -0.4 is 5.32 Å². The molecule has 17 heavy (non-hydrogen) atoms. The Labute approximate surface area is 95.0 Å². The third-order valence-corrected chi connectivity index (χ3v) is 3.02. The predicted octanol–water partition coefficient (Wildman–Crippen LogP) is 2.40. The van der Waals surface area contributed by atoms with Gasteiger partial charge >= 0.3 is 0 Å². The van der Waals surface area contributed by atoms with Gasteiger partial charge in [-0.3, -0.25) is 0 Å². The molecule has 1 aromatic heterocycles. The van der Waals surface area contributed by atoms with E-state index in [1.807, 2.05) is 0 Å². The molecule has 0 saturated carbocycles. The van der Waals surface area contributed by atoms with Crippen LogP contribution in [0.2, 0.25) is 0 Å². The van der Waals surface area contributed by atoms with Crippen LogP contribution in [0.15, 0.2) is 6.07 Å². The quantitative estimate of drug-likeness (QED) is 0.753. The Hall–Kier alpha value is -1.56. The highest BCUT2D eigenvalue weighted by Gasteiger charge is 2.22. The molecule has 3 nitrogen and oxygen atoms in total. The number of aromatic nitrogens is 2. The second-order valence-electron chi connectivity index (χ2n) is 4.15. The second kappa shape index (κ2) is 3.73. The Morgan fingerprint density at radius 3 is 2.76 bits per heavy atom. The fraction of sp³-hybridized carbons (Fsp3) is 0.364. The van der Waals surface area contributed by atoms with E-state index in [1.54, 1.807) is 0 Å². The van der Waals surface area contributed by atoms with E-state index >= 15 is 0 Å². The standard InChI is InChI=1S/C11H10F3N3/c12-5-4-7-10(9(14)8(5)13)17-11(16-7)6-2-1-3-15-6/h4,6,15H,1-3H2,(H,16,17)/t6-/m1/s1. The molecule has 0 aliphatic carbocycles. The molecule has 0 spiro atoms. The van der Waals surface area contributed by atoms with Gasteiger partial charge in [-0.05, 0) is 19.4 Å². The molecule has 1 aliphatic rings. The van der Waals surface area contributed by atoms with Crippen molar-refractivity contribution >= 4 is 11.0 Å². The van der Waals surface area contributed by atoms with Crippen molar-refractivity contribution in [3.8, 4) is 0 Å². The van der Waals surface area contributed by atoms with Crippen LogP contribution in [-0.4, -0.2) is 16.5 Å². The maximum atomic E-state index is 13.4. The first-order valence-corrected chi connectivity index (χ1v) is 5.43. The predicted molar refractivity (Wildman–Crippen MR) is 55.9 cm³/mol. The third-order valence-electron chi connectivity index (χ3n) is 3.02. The van der Waals surface area contributed by atoms with Gasteiger partial charge in [-0.15, -0.1) is 0 Å². The van der Waals surface area contributed by atoms with Crippen molar-refractivity contribution in [3.05, 3.63) is 29.3 Å². The van der Waals surface area contributed by atoms with Crippen molar-refractivity contribution in [1.29, 1.82) is 0 Å². The van der Waals surface area contributed by atoms with Gasteiger partial charge in [-0.25, -0.2) is 18.2 Å². The lowest BCUT2D eigenvalue weighted by molar-refractivity contribution is 0.452. The van der Waals surface area contributed by atoms with Crippen LogP contribution in [0.1, 0.15) is 24.7 Å². The van der Waals surface area contributed by atoms with E-state index in [-0.39, 0.29) is 17.1 Å². The highest BCUT2D eigenvalue weighted by Crippen LogP contribution is 2.26. The fourth-order valence-electron chi connectivity index (χ4n) is 2.16. The van der Waals surface area contributed by atoms with Crippen LogP contribution in [0.5, 0.6) is 0 Å². The van der Waals surface area contributed by atoms with Gasteiger partial charge in [0, 0.05) is 6.07 Å². The molecule has 2 aromatic rings. The lowest BCUT2D eigenvalue weighted by Crippen LogP contribution is -2.14. The van der Waals surface area contributed by atoms with Crippen LogP contribution in [0.25, 0.3) is 11.0 Å². The number of hydrogen-bond acceptors (Lipinski definition) is 2. The molecule has 1 aromatic carbocycles. The SMILES string of the molecule is Fc1cc2[nH]c([C@H]3CCCN3)nc2c(F)c1F. The summed E-state index contributed by atoms with van der Waals surface area (Å²) in [5.41, 5.74) is 0.0395. The first-order chi connectivity index (χ1) is 8.16. The monoisotopic (exact) mass is 241 g/mol. The fourth-order valence-corrected chi connectivity index (χ4v) is 2.16. The van der Waals surface area contributed by atoms with Crippen LogP contribution in [0.4, 0.5) is 13.2 Å². The molecule has 90 valence electrons. The number of halogens is 3. The molecular weight excluding hydrogens is 231 g/mol. The molecule has 0 radical (unpaired) electrons. The summed E-state index contributed by atoms with van der Waals surface area (Å²) in [6.07, 6.45) is 1.89. The molecule has 0 bridgehead atoms. The summed E-state index contributed by atoms with van der Waals surface area (Å²) in [4.78, 5) is 6.82. The van der Waals surface area contributed by atoms with E-state index < -0.39 is 17.5 Å². The van der Waals surface area contributed by atoms with Crippen LogP contribution in [0.3, 0.4) is 0 Å². The first kappa shape index (κ1) is 10.6.